The zero-order valence-electron chi connectivity index (χ0n) is 8.29. The van der Waals surface area contributed by atoms with Crippen molar-refractivity contribution in [2.75, 3.05) is 7.11 Å². The van der Waals surface area contributed by atoms with E-state index >= 15 is 0 Å². The molecule has 0 fully saturated rings. The first-order chi connectivity index (χ1) is 6.69. The lowest BCUT2D eigenvalue weighted by atomic mass is 10.0. The van der Waals surface area contributed by atoms with Crippen LogP contribution in [0.1, 0.15) is 23.7 Å². The number of Topliss-reactive ketones (excluding diaryl/α,β-unsaturated/α-hetero) is 1. The van der Waals surface area contributed by atoms with Crippen molar-refractivity contribution < 1.29 is 9.53 Å². The third kappa shape index (κ3) is 2.56. The quantitative estimate of drug-likeness (QED) is 0.718. The second-order valence-electron chi connectivity index (χ2n) is 3.01. The van der Waals surface area contributed by atoms with Crippen molar-refractivity contribution in [2.24, 2.45) is 0 Å². The first-order valence-corrected chi connectivity index (χ1v) is 4.89. The summed E-state index contributed by atoms with van der Waals surface area (Å²) in [5.74, 6) is -0.0162. The number of rotatable bonds is 4. The molecule has 0 aliphatic heterocycles. The zero-order valence-corrected chi connectivity index (χ0v) is 9.04. The van der Waals surface area contributed by atoms with Gasteiger partial charge in [-0.3, -0.25) is 4.79 Å². The van der Waals surface area contributed by atoms with Crippen LogP contribution in [0.15, 0.2) is 24.3 Å². The molecule has 0 heterocycles. The van der Waals surface area contributed by atoms with Crippen molar-refractivity contribution >= 4 is 17.4 Å². The number of carbonyl (C=O) groups excluding carboxylic acids is 1. The highest BCUT2D eigenvalue weighted by Crippen LogP contribution is 2.14. The molecular weight excluding hydrogens is 200 g/mol. The molecule has 0 spiro atoms. The normalized spacial score (nSPS) is 12.5. The maximum Gasteiger partial charge on any atom is 0.191 e. The van der Waals surface area contributed by atoms with Crippen molar-refractivity contribution in [3.05, 3.63) is 34.9 Å². The summed E-state index contributed by atoms with van der Waals surface area (Å²) in [6.45, 7) is 1.91. The van der Waals surface area contributed by atoms with E-state index in [1.807, 2.05) is 6.92 Å². The second kappa shape index (κ2) is 5.13. The summed E-state index contributed by atoms with van der Waals surface area (Å²) in [6.07, 6.45) is 0.301. The Labute approximate surface area is 88.8 Å². The molecule has 2 nitrogen and oxygen atoms in total. The average molecular weight is 213 g/mol. The number of halogens is 1. The summed E-state index contributed by atoms with van der Waals surface area (Å²) in [4.78, 5) is 11.8. The lowest BCUT2D eigenvalue weighted by Gasteiger charge is -2.11. The van der Waals surface area contributed by atoms with Crippen molar-refractivity contribution in [1.82, 2.24) is 0 Å². The molecule has 0 radical (unpaired) electrons. The van der Waals surface area contributed by atoms with E-state index in [0.29, 0.717) is 17.0 Å². The standard InChI is InChI=1S/C11H13ClO2/c1-3-10(14-2)11(13)8-5-4-6-9(12)7-8/h4-7,10H,3H2,1-2H3. The van der Waals surface area contributed by atoms with Gasteiger partial charge in [0, 0.05) is 17.7 Å². The van der Waals surface area contributed by atoms with Crippen LogP contribution in [0, 0.1) is 0 Å². The van der Waals surface area contributed by atoms with Gasteiger partial charge in [0.1, 0.15) is 6.10 Å². The largest absolute Gasteiger partial charge is 0.373 e. The summed E-state index contributed by atoms with van der Waals surface area (Å²) in [7, 11) is 1.54. The van der Waals surface area contributed by atoms with Crippen molar-refractivity contribution in [3.8, 4) is 0 Å². The van der Waals surface area contributed by atoms with Crippen LogP contribution in [0.2, 0.25) is 5.02 Å². The van der Waals surface area contributed by atoms with Crippen LogP contribution < -0.4 is 0 Å². The molecule has 0 saturated carbocycles. The van der Waals surface area contributed by atoms with Gasteiger partial charge in [-0.1, -0.05) is 30.7 Å². The van der Waals surface area contributed by atoms with Gasteiger partial charge in [0.2, 0.25) is 0 Å². The van der Waals surface area contributed by atoms with Gasteiger partial charge in [-0.2, -0.15) is 0 Å². The van der Waals surface area contributed by atoms with Gasteiger partial charge < -0.3 is 4.74 Å². The van der Waals surface area contributed by atoms with Gasteiger partial charge in [0.15, 0.2) is 5.78 Å². The molecular formula is C11H13ClO2. The van der Waals surface area contributed by atoms with E-state index in [9.17, 15) is 4.79 Å². The van der Waals surface area contributed by atoms with E-state index < -0.39 is 0 Å². The van der Waals surface area contributed by atoms with Crippen LogP contribution in [-0.4, -0.2) is 19.0 Å². The average Bonchev–Trinajstić information content (AvgIpc) is 2.19. The van der Waals surface area contributed by atoms with Gasteiger partial charge in [-0.15, -0.1) is 0 Å². The molecule has 0 aliphatic rings. The SMILES string of the molecule is CCC(OC)C(=O)c1cccc(Cl)c1. The lowest BCUT2D eigenvalue weighted by molar-refractivity contribution is 0.0595. The first kappa shape index (κ1) is 11.2. The molecule has 0 amide bonds. The summed E-state index contributed by atoms with van der Waals surface area (Å²) in [6, 6.07) is 6.91. The second-order valence-corrected chi connectivity index (χ2v) is 3.44. The Kier molecular flexibility index (Phi) is 4.11. The van der Waals surface area contributed by atoms with Crippen LogP contribution in [0.4, 0.5) is 0 Å². The molecule has 1 rings (SSSR count). The Bertz CT molecular complexity index is 319. The number of methoxy groups -OCH3 is 1. The molecule has 0 N–H and O–H groups in total. The molecule has 1 atom stereocenters. The third-order valence-electron chi connectivity index (χ3n) is 2.06. The maximum absolute atomic E-state index is 11.8. The van der Waals surface area contributed by atoms with Crippen LogP contribution >= 0.6 is 11.6 Å². The molecule has 0 aliphatic carbocycles. The molecule has 76 valence electrons. The molecule has 1 unspecified atom stereocenters. The van der Waals surface area contributed by atoms with E-state index in [0.717, 1.165) is 0 Å². The highest BCUT2D eigenvalue weighted by Gasteiger charge is 2.17. The summed E-state index contributed by atoms with van der Waals surface area (Å²) in [5.41, 5.74) is 0.603. The third-order valence-corrected chi connectivity index (χ3v) is 2.29. The minimum Gasteiger partial charge on any atom is -0.373 e. The molecule has 0 bridgehead atoms. The molecule has 1 aromatic carbocycles. The molecule has 0 aromatic heterocycles. The monoisotopic (exact) mass is 212 g/mol. The number of ketones is 1. The number of hydrogen-bond donors (Lipinski definition) is 0. The lowest BCUT2D eigenvalue weighted by Crippen LogP contribution is -2.21. The fourth-order valence-corrected chi connectivity index (χ4v) is 1.48. The van der Waals surface area contributed by atoms with Gasteiger partial charge >= 0.3 is 0 Å². The Morgan fingerprint density at radius 2 is 2.29 bits per heavy atom. The highest BCUT2D eigenvalue weighted by molar-refractivity contribution is 6.31. The van der Waals surface area contributed by atoms with Gasteiger partial charge in [0.25, 0.3) is 0 Å². The van der Waals surface area contributed by atoms with Crippen LogP contribution in [0.25, 0.3) is 0 Å². The minimum absolute atomic E-state index is 0.0162. The Balaban J connectivity index is 2.88. The Morgan fingerprint density at radius 1 is 1.57 bits per heavy atom. The van der Waals surface area contributed by atoms with Gasteiger partial charge in [-0.25, -0.2) is 0 Å². The van der Waals surface area contributed by atoms with Crippen LogP contribution in [-0.2, 0) is 4.74 Å². The number of benzene rings is 1. The molecule has 1 aromatic rings. The number of ether oxygens (including phenoxy) is 1. The van der Waals surface area contributed by atoms with Gasteiger partial charge in [-0.05, 0) is 18.6 Å². The predicted molar refractivity (Wildman–Crippen MR) is 56.9 cm³/mol. The number of carbonyl (C=O) groups is 1. The maximum atomic E-state index is 11.8. The highest BCUT2D eigenvalue weighted by atomic mass is 35.5. The van der Waals surface area contributed by atoms with Crippen molar-refractivity contribution in [3.63, 3.8) is 0 Å². The smallest absolute Gasteiger partial charge is 0.191 e. The Morgan fingerprint density at radius 3 is 2.79 bits per heavy atom. The fourth-order valence-electron chi connectivity index (χ4n) is 1.29. The molecule has 0 saturated heterocycles. The van der Waals surface area contributed by atoms with Crippen LogP contribution in [0.3, 0.4) is 0 Å². The van der Waals surface area contributed by atoms with Crippen molar-refractivity contribution in [1.29, 1.82) is 0 Å². The first-order valence-electron chi connectivity index (χ1n) is 4.51. The molecule has 3 heteroatoms. The topological polar surface area (TPSA) is 26.3 Å². The van der Waals surface area contributed by atoms with E-state index in [1.165, 1.54) is 7.11 Å². The van der Waals surface area contributed by atoms with E-state index in [4.69, 9.17) is 16.3 Å². The predicted octanol–water partition coefficient (Wildman–Crippen LogP) is 2.95. The Hall–Kier alpha value is -0.860. The summed E-state index contributed by atoms with van der Waals surface area (Å²) < 4.78 is 5.06. The van der Waals surface area contributed by atoms with Crippen molar-refractivity contribution in [2.45, 2.75) is 19.4 Å². The molecule has 14 heavy (non-hydrogen) atoms. The minimum atomic E-state index is -0.367. The van der Waals surface area contributed by atoms with Crippen LogP contribution in [0.5, 0.6) is 0 Å². The summed E-state index contributed by atoms with van der Waals surface area (Å²) in [5, 5.41) is 0.571. The van der Waals surface area contributed by atoms with Gasteiger partial charge in [0.05, 0.1) is 0 Å². The van der Waals surface area contributed by atoms with E-state index in [-0.39, 0.29) is 11.9 Å². The number of hydrogen-bond acceptors (Lipinski definition) is 2. The summed E-state index contributed by atoms with van der Waals surface area (Å²) >= 11 is 5.79. The zero-order chi connectivity index (χ0) is 10.6. The fraction of sp³-hybridized carbons (Fsp3) is 0.364. The van der Waals surface area contributed by atoms with E-state index in [1.54, 1.807) is 24.3 Å². The van der Waals surface area contributed by atoms with E-state index in [2.05, 4.69) is 0 Å².